The quantitative estimate of drug-likeness (QED) is 0.923. The molecule has 1 N–H and O–H groups in total. The molecule has 0 radical (unpaired) electrons. The Kier molecular flexibility index (Phi) is 4.20. The Bertz CT molecular complexity index is 609. The van der Waals surface area contributed by atoms with Gasteiger partial charge in [-0.2, -0.15) is 0 Å². The van der Waals surface area contributed by atoms with Crippen molar-refractivity contribution >= 4 is 0 Å². The first-order valence-electron chi connectivity index (χ1n) is 7.43. The van der Waals surface area contributed by atoms with E-state index in [1.807, 2.05) is 12.1 Å². The van der Waals surface area contributed by atoms with E-state index in [1.165, 1.54) is 23.3 Å². The summed E-state index contributed by atoms with van der Waals surface area (Å²) < 4.78 is 18.6. The van der Waals surface area contributed by atoms with Crippen LogP contribution in [0.2, 0.25) is 0 Å². The second-order valence-corrected chi connectivity index (χ2v) is 5.56. The maximum absolute atomic E-state index is 12.9. The third-order valence-corrected chi connectivity index (χ3v) is 3.92. The number of nitrogens with one attached hydrogen (secondary N) is 1. The van der Waals surface area contributed by atoms with Crippen LogP contribution in [-0.4, -0.2) is 13.2 Å². The maximum Gasteiger partial charge on any atom is 0.124 e. The Morgan fingerprint density at radius 1 is 1.19 bits per heavy atom. The molecule has 3 rings (SSSR count). The van der Waals surface area contributed by atoms with Gasteiger partial charge >= 0.3 is 0 Å². The van der Waals surface area contributed by atoms with Crippen LogP contribution in [-0.2, 0) is 6.42 Å². The second kappa shape index (κ2) is 6.27. The van der Waals surface area contributed by atoms with Crippen molar-refractivity contribution in [2.45, 2.75) is 25.8 Å². The number of aryl methyl sites for hydroxylation is 1. The zero-order valence-corrected chi connectivity index (χ0v) is 12.2. The average Bonchev–Trinajstić information content (AvgIpc) is 2.50. The molecule has 2 aromatic carbocycles. The highest BCUT2D eigenvalue weighted by molar-refractivity contribution is 5.40. The molecule has 2 aromatic rings. The van der Waals surface area contributed by atoms with Crippen molar-refractivity contribution in [3.8, 4) is 5.75 Å². The van der Waals surface area contributed by atoms with E-state index in [0.717, 1.165) is 37.3 Å². The summed E-state index contributed by atoms with van der Waals surface area (Å²) in [6.07, 6.45) is 1.89. The fourth-order valence-electron chi connectivity index (χ4n) is 2.77. The van der Waals surface area contributed by atoms with Gasteiger partial charge in [0.25, 0.3) is 0 Å². The summed E-state index contributed by atoms with van der Waals surface area (Å²) in [5.74, 6) is 0.812. The van der Waals surface area contributed by atoms with Gasteiger partial charge in [-0.1, -0.05) is 29.8 Å². The summed E-state index contributed by atoms with van der Waals surface area (Å²) in [4.78, 5) is 0. The molecule has 3 heteroatoms. The van der Waals surface area contributed by atoms with Gasteiger partial charge in [0.2, 0.25) is 0 Å². The molecule has 2 nitrogen and oxygen atoms in total. The lowest BCUT2D eigenvalue weighted by Gasteiger charge is -2.27. The predicted octanol–water partition coefficient (Wildman–Crippen LogP) is 3.79. The van der Waals surface area contributed by atoms with Crippen molar-refractivity contribution in [3.05, 3.63) is 65.0 Å². The summed E-state index contributed by atoms with van der Waals surface area (Å²) in [6, 6.07) is 13.4. The van der Waals surface area contributed by atoms with Crippen molar-refractivity contribution in [2.75, 3.05) is 13.2 Å². The molecule has 0 fully saturated rings. The van der Waals surface area contributed by atoms with Crippen molar-refractivity contribution in [3.63, 3.8) is 0 Å². The molecule has 1 heterocycles. The Morgan fingerprint density at radius 3 is 2.81 bits per heavy atom. The van der Waals surface area contributed by atoms with E-state index in [4.69, 9.17) is 4.74 Å². The molecule has 0 aromatic heterocycles. The zero-order chi connectivity index (χ0) is 14.7. The Balaban J connectivity index is 1.61. The van der Waals surface area contributed by atoms with Gasteiger partial charge in [-0.15, -0.1) is 0 Å². The summed E-state index contributed by atoms with van der Waals surface area (Å²) in [5.41, 5.74) is 3.66. The molecule has 1 aliphatic heterocycles. The van der Waals surface area contributed by atoms with Crippen LogP contribution < -0.4 is 10.1 Å². The number of ether oxygens (including phenoxy) is 1. The number of rotatable bonds is 4. The monoisotopic (exact) mass is 285 g/mol. The van der Waals surface area contributed by atoms with Gasteiger partial charge in [-0.05, 0) is 43.7 Å². The van der Waals surface area contributed by atoms with Crippen molar-refractivity contribution in [1.29, 1.82) is 0 Å². The average molecular weight is 285 g/mol. The molecule has 0 saturated carbocycles. The molecular weight excluding hydrogens is 265 g/mol. The smallest absolute Gasteiger partial charge is 0.124 e. The first-order chi connectivity index (χ1) is 10.2. The summed E-state index contributed by atoms with van der Waals surface area (Å²) >= 11 is 0. The van der Waals surface area contributed by atoms with Gasteiger partial charge in [0, 0.05) is 18.0 Å². The van der Waals surface area contributed by atoms with E-state index in [-0.39, 0.29) is 5.82 Å². The van der Waals surface area contributed by atoms with Crippen molar-refractivity contribution in [1.82, 2.24) is 5.32 Å². The summed E-state index contributed by atoms with van der Waals surface area (Å²) in [7, 11) is 0. The third kappa shape index (κ3) is 3.42. The molecule has 0 spiro atoms. The lowest BCUT2D eigenvalue weighted by molar-refractivity contribution is 0.253. The first kappa shape index (κ1) is 14.1. The molecule has 0 bridgehead atoms. The Morgan fingerprint density at radius 2 is 2.00 bits per heavy atom. The van der Waals surface area contributed by atoms with Gasteiger partial charge in [0.1, 0.15) is 11.6 Å². The number of fused-ring (bicyclic) bond motifs is 1. The number of hydrogen-bond donors (Lipinski definition) is 1. The number of hydrogen-bond acceptors (Lipinski definition) is 2. The van der Waals surface area contributed by atoms with Crippen molar-refractivity contribution in [2.24, 2.45) is 0 Å². The van der Waals surface area contributed by atoms with E-state index < -0.39 is 0 Å². The highest BCUT2D eigenvalue weighted by Crippen LogP contribution is 2.32. The van der Waals surface area contributed by atoms with Crippen LogP contribution in [0.3, 0.4) is 0 Å². The largest absolute Gasteiger partial charge is 0.493 e. The van der Waals surface area contributed by atoms with Crippen molar-refractivity contribution < 1.29 is 9.13 Å². The minimum absolute atomic E-state index is 0.180. The van der Waals surface area contributed by atoms with Crippen LogP contribution in [0.5, 0.6) is 5.75 Å². The van der Waals surface area contributed by atoms with E-state index in [0.29, 0.717) is 6.04 Å². The van der Waals surface area contributed by atoms with E-state index in [2.05, 4.69) is 30.4 Å². The lowest BCUT2D eigenvalue weighted by Crippen LogP contribution is -2.28. The van der Waals surface area contributed by atoms with E-state index in [1.54, 1.807) is 0 Å². The van der Waals surface area contributed by atoms with Gasteiger partial charge in [0.05, 0.1) is 6.61 Å². The van der Waals surface area contributed by atoms with Gasteiger partial charge in [0.15, 0.2) is 0 Å². The van der Waals surface area contributed by atoms with E-state index >= 15 is 0 Å². The summed E-state index contributed by atoms with van der Waals surface area (Å²) in [5, 5.41) is 3.59. The fraction of sp³-hybridized carbons (Fsp3) is 0.333. The highest BCUT2D eigenvalue weighted by Gasteiger charge is 2.20. The number of halogens is 1. The van der Waals surface area contributed by atoms with Crippen LogP contribution in [0.25, 0.3) is 0 Å². The zero-order valence-electron chi connectivity index (χ0n) is 12.2. The summed E-state index contributed by atoms with van der Waals surface area (Å²) in [6.45, 7) is 3.73. The van der Waals surface area contributed by atoms with Crippen LogP contribution in [0.1, 0.15) is 29.2 Å². The van der Waals surface area contributed by atoms with Crippen LogP contribution in [0.15, 0.2) is 42.5 Å². The van der Waals surface area contributed by atoms with Gasteiger partial charge in [-0.3, -0.25) is 0 Å². The van der Waals surface area contributed by atoms with Crippen LogP contribution in [0.4, 0.5) is 4.39 Å². The third-order valence-electron chi connectivity index (χ3n) is 3.92. The fourth-order valence-corrected chi connectivity index (χ4v) is 2.77. The van der Waals surface area contributed by atoms with Gasteiger partial charge < -0.3 is 10.1 Å². The molecule has 21 heavy (non-hydrogen) atoms. The molecule has 0 saturated heterocycles. The SMILES string of the molecule is Cc1ccc2c(c1)C(NCCc1ccc(F)cc1)CCO2. The molecule has 0 aliphatic carbocycles. The normalized spacial score (nSPS) is 17.1. The topological polar surface area (TPSA) is 21.3 Å². The molecule has 110 valence electrons. The second-order valence-electron chi connectivity index (χ2n) is 5.56. The minimum Gasteiger partial charge on any atom is -0.493 e. The van der Waals surface area contributed by atoms with Crippen LogP contribution >= 0.6 is 0 Å². The van der Waals surface area contributed by atoms with Crippen LogP contribution in [0, 0.1) is 12.7 Å². The Labute approximate surface area is 125 Å². The Hall–Kier alpha value is -1.87. The van der Waals surface area contributed by atoms with Gasteiger partial charge in [-0.25, -0.2) is 4.39 Å². The molecule has 1 aliphatic rings. The molecule has 1 unspecified atom stereocenters. The van der Waals surface area contributed by atoms with E-state index in [9.17, 15) is 4.39 Å². The molecule has 0 amide bonds. The highest BCUT2D eigenvalue weighted by atomic mass is 19.1. The predicted molar refractivity (Wildman–Crippen MR) is 82.1 cm³/mol. The first-order valence-corrected chi connectivity index (χ1v) is 7.43. The maximum atomic E-state index is 12.9. The molecular formula is C18H20FNO. The minimum atomic E-state index is -0.180. The lowest BCUT2D eigenvalue weighted by atomic mass is 9.98. The standard InChI is InChI=1S/C18H20FNO/c1-13-2-7-18-16(12-13)17(9-11-21-18)20-10-8-14-3-5-15(19)6-4-14/h2-7,12,17,20H,8-11H2,1H3. The molecule has 1 atom stereocenters. The number of benzene rings is 2.